The Kier molecular flexibility index (Phi) is 13.9. The smallest absolute Gasteiger partial charge is 0.151 e. The van der Waals surface area contributed by atoms with Crippen LogP contribution in [0.5, 0.6) is 11.5 Å². The quantitative estimate of drug-likeness (QED) is 0.125. The number of pyridine rings is 4. The molecule has 4 aromatic carbocycles. The number of nitrogens with two attached hydrogens (primary N) is 1. The summed E-state index contributed by atoms with van der Waals surface area (Å²) in [6.07, 6.45) is 6.25. The highest BCUT2D eigenvalue weighted by Gasteiger charge is 2.22. The van der Waals surface area contributed by atoms with Gasteiger partial charge in [-0.15, -0.1) is 0 Å². The van der Waals surface area contributed by atoms with Crippen LogP contribution in [0.2, 0.25) is 10.0 Å². The summed E-state index contributed by atoms with van der Waals surface area (Å²) in [5, 5.41) is 26.3. The molecule has 0 fully saturated rings. The van der Waals surface area contributed by atoms with Crippen molar-refractivity contribution in [2.24, 2.45) is 0 Å². The summed E-state index contributed by atoms with van der Waals surface area (Å²) in [7, 11) is 0. The minimum atomic E-state index is -0.497. The monoisotopic (exact) mass is 776 g/mol. The van der Waals surface area contributed by atoms with Gasteiger partial charge in [-0.2, -0.15) is 0 Å². The highest BCUT2D eigenvalue weighted by atomic mass is 35.5. The highest BCUT2D eigenvalue weighted by Crippen LogP contribution is 2.38. The molecule has 5 N–H and O–H groups in total. The summed E-state index contributed by atoms with van der Waals surface area (Å²) in [6, 6.07) is 35.8. The molecule has 4 heterocycles. The SMILES string of the molecule is Nc1ccc(F)cn1.O=Cc1ccccc1Cl.Oc1c(C(Nc2ccc(F)cn2)c2ccccc2Cl)ccc2cccnc12.Oc1cccc2cccnc12. The van der Waals surface area contributed by atoms with Gasteiger partial charge in [0.15, 0.2) is 6.29 Å². The second-order valence-electron chi connectivity index (χ2n) is 11.4. The van der Waals surface area contributed by atoms with E-state index in [2.05, 4.69) is 25.3 Å². The lowest BCUT2D eigenvalue weighted by atomic mass is 9.96. The van der Waals surface area contributed by atoms with Gasteiger partial charge in [-0.25, -0.2) is 18.7 Å². The Morgan fingerprint density at radius 3 is 1.82 bits per heavy atom. The minimum absolute atomic E-state index is 0.0626. The van der Waals surface area contributed by atoms with E-state index < -0.39 is 11.9 Å². The number of fused-ring (bicyclic) bond motifs is 2. The molecule has 0 saturated carbocycles. The number of aromatic hydroxyl groups is 2. The van der Waals surface area contributed by atoms with Crippen LogP contribution in [0.15, 0.2) is 152 Å². The zero-order chi connectivity index (χ0) is 39.2. The second kappa shape index (κ2) is 19.4. The van der Waals surface area contributed by atoms with Crippen molar-refractivity contribution in [3.63, 3.8) is 0 Å². The molecule has 0 radical (unpaired) electrons. The fourth-order valence-corrected chi connectivity index (χ4v) is 5.49. The van der Waals surface area contributed by atoms with E-state index in [1.165, 1.54) is 24.3 Å². The molecule has 1 atom stereocenters. The van der Waals surface area contributed by atoms with Gasteiger partial charge >= 0.3 is 0 Å². The Morgan fingerprint density at radius 1 is 0.618 bits per heavy atom. The largest absolute Gasteiger partial charge is 0.506 e. The second-order valence-corrected chi connectivity index (χ2v) is 12.2. The molecule has 13 heteroatoms. The number of hydrogen-bond donors (Lipinski definition) is 4. The van der Waals surface area contributed by atoms with Gasteiger partial charge < -0.3 is 21.3 Å². The standard InChI is InChI=1S/C21H15ClFN3O.C9H7NO.C7H5ClO.C5H5FN2/c22-17-6-2-1-5-15(17)20(26-18-10-8-14(23)12-25-18)16-9-7-13-4-3-11-24-19(13)21(16)27;11-8-5-1-3-7-4-2-6-10-9(7)8;8-7-4-2-1-3-6(7)5-9;6-4-1-2-5(7)8-3-4/h1-12,20,27H,(H,25,26);1-6,11H;1-5H;1-3H,(H2,7,8). The lowest BCUT2D eigenvalue weighted by Gasteiger charge is -2.22. The summed E-state index contributed by atoms with van der Waals surface area (Å²) in [6.45, 7) is 0. The first-order chi connectivity index (χ1) is 26.6. The molecule has 0 saturated heterocycles. The maximum atomic E-state index is 13.2. The van der Waals surface area contributed by atoms with Crippen molar-refractivity contribution < 1.29 is 23.8 Å². The number of aromatic nitrogens is 4. The molecule has 0 aliphatic carbocycles. The Labute approximate surface area is 324 Å². The number of phenols is 2. The van der Waals surface area contributed by atoms with Crippen LogP contribution in [0.25, 0.3) is 21.8 Å². The molecule has 8 aromatic rings. The first-order valence-corrected chi connectivity index (χ1v) is 17.2. The van der Waals surface area contributed by atoms with E-state index in [-0.39, 0.29) is 17.3 Å². The molecule has 0 aliphatic heterocycles. The summed E-state index contributed by atoms with van der Waals surface area (Å²) < 4.78 is 25.2. The van der Waals surface area contributed by atoms with Crippen LogP contribution in [0.1, 0.15) is 27.5 Å². The first kappa shape index (κ1) is 39.5. The van der Waals surface area contributed by atoms with Crippen molar-refractivity contribution in [2.45, 2.75) is 6.04 Å². The van der Waals surface area contributed by atoms with Crippen LogP contribution >= 0.6 is 23.2 Å². The van der Waals surface area contributed by atoms with Crippen LogP contribution in [-0.4, -0.2) is 36.4 Å². The molecule has 9 nitrogen and oxygen atoms in total. The van der Waals surface area contributed by atoms with Crippen molar-refractivity contribution in [1.29, 1.82) is 0 Å². The molecule has 8 rings (SSSR count). The third-order valence-corrected chi connectivity index (χ3v) is 8.41. The van der Waals surface area contributed by atoms with E-state index in [1.54, 1.807) is 54.9 Å². The number of halogens is 4. The van der Waals surface area contributed by atoms with E-state index in [1.807, 2.05) is 60.7 Å². The Morgan fingerprint density at radius 2 is 1.24 bits per heavy atom. The van der Waals surface area contributed by atoms with E-state index in [0.717, 1.165) is 35.0 Å². The third-order valence-electron chi connectivity index (χ3n) is 7.72. The van der Waals surface area contributed by atoms with Gasteiger partial charge in [0.2, 0.25) is 0 Å². The number of benzene rings is 4. The van der Waals surface area contributed by atoms with Gasteiger partial charge in [0, 0.05) is 39.3 Å². The van der Waals surface area contributed by atoms with Gasteiger partial charge in [0.25, 0.3) is 0 Å². The summed E-state index contributed by atoms with van der Waals surface area (Å²) in [5.74, 6) is 0.316. The Bertz CT molecular complexity index is 2470. The number of phenolic OH excluding ortho intramolecular Hbond substituents is 2. The van der Waals surface area contributed by atoms with Crippen molar-refractivity contribution in [1.82, 2.24) is 19.9 Å². The molecular weight excluding hydrogens is 745 g/mol. The van der Waals surface area contributed by atoms with E-state index in [4.69, 9.17) is 28.9 Å². The molecule has 0 spiro atoms. The van der Waals surface area contributed by atoms with E-state index >= 15 is 0 Å². The number of rotatable bonds is 5. The normalized spacial score (nSPS) is 10.8. The molecule has 0 aliphatic rings. The maximum Gasteiger partial charge on any atom is 0.151 e. The zero-order valence-corrected chi connectivity index (χ0v) is 30.3. The molecule has 276 valence electrons. The van der Waals surface area contributed by atoms with Crippen molar-refractivity contribution in [2.75, 3.05) is 11.1 Å². The predicted octanol–water partition coefficient (Wildman–Crippen LogP) is 10.2. The van der Waals surface area contributed by atoms with Crippen LogP contribution in [0.4, 0.5) is 20.4 Å². The van der Waals surface area contributed by atoms with Crippen LogP contribution < -0.4 is 11.1 Å². The molecule has 4 aromatic heterocycles. The average molecular weight is 778 g/mol. The topological polar surface area (TPSA) is 147 Å². The number of carbonyl (C=O) groups excluding carboxylic acids is 1. The number of nitrogens with zero attached hydrogens (tertiary/aromatic N) is 4. The number of aldehydes is 1. The lowest BCUT2D eigenvalue weighted by molar-refractivity contribution is 0.112. The van der Waals surface area contributed by atoms with Gasteiger partial charge in [0.05, 0.1) is 23.5 Å². The fraction of sp³-hybridized carbons (Fsp3) is 0.0238. The number of para-hydroxylation sites is 1. The average Bonchev–Trinajstić information content (AvgIpc) is 3.21. The molecule has 0 bridgehead atoms. The molecule has 0 amide bonds. The number of hydrogen-bond acceptors (Lipinski definition) is 9. The maximum absolute atomic E-state index is 13.2. The summed E-state index contributed by atoms with van der Waals surface area (Å²) in [4.78, 5) is 26.0. The number of carbonyl (C=O) groups is 1. The van der Waals surface area contributed by atoms with Crippen molar-refractivity contribution in [3.05, 3.63) is 191 Å². The Hall–Kier alpha value is -6.69. The van der Waals surface area contributed by atoms with Gasteiger partial charge in [-0.1, -0.05) is 96.0 Å². The van der Waals surface area contributed by atoms with Gasteiger partial charge in [-0.05, 0) is 60.2 Å². The van der Waals surface area contributed by atoms with Crippen LogP contribution in [0.3, 0.4) is 0 Å². The third kappa shape index (κ3) is 10.9. The number of nitrogen functional groups attached to an aromatic ring is 1. The van der Waals surface area contributed by atoms with Crippen LogP contribution in [-0.2, 0) is 0 Å². The van der Waals surface area contributed by atoms with Gasteiger partial charge in [0.1, 0.15) is 45.8 Å². The predicted molar refractivity (Wildman–Crippen MR) is 213 cm³/mol. The minimum Gasteiger partial charge on any atom is -0.506 e. The van der Waals surface area contributed by atoms with Crippen molar-refractivity contribution in [3.8, 4) is 11.5 Å². The summed E-state index contributed by atoms with van der Waals surface area (Å²) >= 11 is 12.0. The molecule has 55 heavy (non-hydrogen) atoms. The Balaban J connectivity index is 0.000000168. The van der Waals surface area contributed by atoms with Crippen molar-refractivity contribution >= 4 is 62.9 Å². The van der Waals surface area contributed by atoms with Gasteiger partial charge in [-0.3, -0.25) is 14.8 Å². The number of anilines is 2. The van der Waals surface area contributed by atoms with E-state index in [9.17, 15) is 23.8 Å². The first-order valence-electron chi connectivity index (χ1n) is 16.4. The molecule has 1 unspecified atom stereocenters. The highest BCUT2D eigenvalue weighted by molar-refractivity contribution is 6.33. The van der Waals surface area contributed by atoms with E-state index in [0.29, 0.717) is 43.8 Å². The fourth-order valence-electron chi connectivity index (χ4n) is 5.07. The lowest BCUT2D eigenvalue weighted by Crippen LogP contribution is -2.14. The van der Waals surface area contributed by atoms with Crippen LogP contribution in [0, 0.1) is 11.6 Å². The molecular formula is C42H32Cl2F2N6O3. The summed E-state index contributed by atoms with van der Waals surface area (Å²) in [5.41, 5.74) is 8.21. The zero-order valence-electron chi connectivity index (χ0n) is 28.8. The number of nitrogens with one attached hydrogen (secondary N) is 1.